The molecule has 7 nitrogen and oxygen atoms in total. The fourth-order valence-electron chi connectivity index (χ4n) is 2.89. The zero-order chi connectivity index (χ0) is 21.1. The summed E-state index contributed by atoms with van der Waals surface area (Å²) in [7, 11) is 3.92. The van der Waals surface area contributed by atoms with Crippen LogP contribution in [0.4, 0.5) is 0 Å². The fraction of sp³-hybridized carbons (Fsp3) is 0.150. The molecule has 0 aliphatic carbocycles. The van der Waals surface area contributed by atoms with Crippen LogP contribution in [-0.4, -0.2) is 43.0 Å². The van der Waals surface area contributed by atoms with E-state index >= 15 is 0 Å². The number of benzene rings is 2. The Morgan fingerprint density at radius 3 is 2.28 bits per heavy atom. The molecule has 29 heavy (non-hydrogen) atoms. The molecular weight excluding hydrogens is 464 g/mol. The minimum atomic E-state index is -0.749. The molecule has 0 bridgehead atoms. The number of esters is 2. The maximum Gasteiger partial charge on any atom is 0.357 e. The van der Waals surface area contributed by atoms with Gasteiger partial charge in [-0.05, 0) is 40.2 Å². The van der Waals surface area contributed by atoms with Gasteiger partial charge in [0.1, 0.15) is 17.0 Å². The summed E-state index contributed by atoms with van der Waals surface area (Å²) in [5.41, 5.74) is 1.01. The lowest BCUT2D eigenvalue weighted by Crippen LogP contribution is -2.15. The highest BCUT2D eigenvalue weighted by molar-refractivity contribution is 9.10. The molecule has 2 aromatic carbocycles. The Morgan fingerprint density at radius 2 is 1.69 bits per heavy atom. The van der Waals surface area contributed by atoms with Gasteiger partial charge in [0.05, 0.1) is 31.5 Å². The van der Waals surface area contributed by atoms with Crippen molar-refractivity contribution in [2.45, 2.75) is 0 Å². The number of carbonyl (C=O) groups excluding carboxylic acids is 2. The lowest BCUT2D eigenvalue weighted by molar-refractivity contribution is 0.0549. The monoisotopic (exact) mass is 478 g/mol. The van der Waals surface area contributed by atoms with Gasteiger partial charge in [0.25, 0.3) is 0 Å². The van der Waals surface area contributed by atoms with Gasteiger partial charge in [-0.1, -0.05) is 29.8 Å². The van der Waals surface area contributed by atoms with Crippen molar-refractivity contribution in [3.05, 3.63) is 63.2 Å². The number of aromatic nitrogens is 2. The lowest BCUT2D eigenvalue weighted by atomic mass is 10.0. The highest BCUT2D eigenvalue weighted by Crippen LogP contribution is 2.41. The number of para-hydroxylation sites is 1. The topological polar surface area (TPSA) is 79.7 Å². The molecule has 0 radical (unpaired) electrons. The van der Waals surface area contributed by atoms with Crippen LogP contribution in [0.5, 0.6) is 5.75 Å². The molecule has 0 unspecified atom stereocenters. The summed E-state index contributed by atoms with van der Waals surface area (Å²) in [6, 6.07) is 12.1. The second-order valence-electron chi connectivity index (χ2n) is 5.77. The molecule has 150 valence electrons. The summed E-state index contributed by atoms with van der Waals surface area (Å²) < 4.78 is 17.2. The number of rotatable bonds is 5. The summed E-state index contributed by atoms with van der Waals surface area (Å²) in [4.78, 5) is 25.3. The van der Waals surface area contributed by atoms with Crippen LogP contribution in [0.1, 0.15) is 20.8 Å². The van der Waals surface area contributed by atoms with Gasteiger partial charge in [0.2, 0.25) is 0 Å². The summed E-state index contributed by atoms with van der Waals surface area (Å²) in [6.45, 7) is 0. The van der Waals surface area contributed by atoms with Crippen LogP contribution < -0.4 is 4.74 Å². The molecule has 1 heterocycles. The van der Waals surface area contributed by atoms with Gasteiger partial charge >= 0.3 is 11.9 Å². The molecule has 3 rings (SSSR count). The van der Waals surface area contributed by atoms with Crippen LogP contribution in [0.25, 0.3) is 16.9 Å². The van der Waals surface area contributed by atoms with E-state index in [2.05, 4.69) is 21.0 Å². The number of hydrogen-bond acceptors (Lipinski definition) is 6. The molecular formula is C20H16BrClN2O5. The third kappa shape index (κ3) is 3.86. The van der Waals surface area contributed by atoms with Crippen LogP contribution >= 0.6 is 27.5 Å². The largest absolute Gasteiger partial charge is 0.495 e. The standard InChI is InChI=1S/C20H16BrClN2O5/c1-27-18-13(9-11(22)10-14(18)21)16-15(19(25)28-2)17(20(26)29-3)24(23-16)12-7-5-4-6-8-12/h4-10H,1-3H3. The first kappa shape index (κ1) is 20.9. The van der Waals surface area contributed by atoms with Crippen molar-refractivity contribution < 1.29 is 23.8 Å². The molecule has 0 atom stereocenters. The van der Waals surface area contributed by atoms with Gasteiger partial charge < -0.3 is 14.2 Å². The molecule has 0 fully saturated rings. The Morgan fingerprint density at radius 1 is 1.03 bits per heavy atom. The molecule has 0 aliphatic heterocycles. The molecule has 1 aromatic heterocycles. The average Bonchev–Trinajstić information content (AvgIpc) is 3.13. The van der Waals surface area contributed by atoms with Crippen LogP contribution in [0.2, 0.25) is 5.02 Å². The quantitative estimate of drug-likeness (QED) is 0.500. The minimum absolute atomic E-state index is 0.0596. The van der Waals surface area contributed by atoms with Crippen molar-refractivity contribution in [2.24, 2.45) is 0 Å². The van der Waals surface area contributed by atoms with Gasteiger partial charge in [0, 0.05) is 10.6 Å². The zero-order valence-electron chi connectivity index (χ0n) is 15.7. The van der Waals surface area contributed by atoms with Crippen molar-refractivity contribution in [1.82, 2.24) is 9.78 Å². The predicted octanol–water partition coefficient (Wildman–Crippen LogP) is 4.54. The molecule has 3 aromatic rings. The average molecular weight is 480 g/mol. The summed E-state index contributed by atoms with van der Waals surface area (Å²) in [6.07, 6.45) is 0. The van der Waals surface area contributed by atoms with Gasteiger partial charge in [-0.3, -0.25) is 0 Å². The van der Waals surface area contributed by atoms with Crippen molar-refractivity contribution in [1.29, 1.82) is 0 Å². The molecule has 0 N–H and O–H groups in total. The van der Waals surface area contributed by atoms with Crippen molar-refractivity contribution >= 4 is 39.5 Å². The lowest BCUT2D eigenvalue weighted by Gasteiger charge is -2.10. The van der Waals surface area contributed by atoms with E-state index in [4.69, 9.17) is 25.8 Å². The zero-order valence-corrected chi connectivity index (χ0v) is 18.1. The highest BCUT2D eigenvalue weighted by Gasteiger charge is 2.32. The van der Waals surface area contributed by atoms with E-state index in [0.717, 1.165) is 0 Å². The maximum absolute atomic E-state index is 12.7. The fourth-order valence-corrected chi connectivity index (χ4v) is 3.86. The number of carbonyl (C=O) groups is 2. The molecule has 0 saturated heterocycles. The number of nitrogens with zero attached hydrogens (tertiary/aromatic N) is 2. The minimum Gasteiger partial charge on any atom is -0.495 e. The van der Waals surface area contributed by atoms with E-state index < -0.39 is 11.9 Å². The predicted molar refractivity (Wildman–Crippen MR) is 111 cm³/mol. The third-order valence-corrected chi connectivity index (χ3v) is 4.93. The van der Waals surface area contributed by atoms with Gasteiger partial charge in [-0.25, -0.2) is 14.3 Å². The third-order valence-electron chi connectivity index (χ3n) is 4.12. The van der Waals surface area contributed by atoms with Crippen LogP contribution in [0.3, 0.4) is 0 Å². The number of methoxy groups -OCH3 is 3. The first-order chi connectivity index (χ1) is 13.9. The second-order valence-corrected chi connectivity index (χ2v) is 7.06. The SMILES string of the molecule is COC(=O)c1c(-c2cc(Cl)cc(Br)c2OC)nn(-c2ccccc2)c1C(=O)OC. The maximum atomic E-state index is 12.7. The molecule has 0 spiro atoms. The van der Waals surface area contributed by atoms with Gasteiger partial charge in [-0.2, -0.15) is 5.10 Å². The Kier molecular flexibility index (Phi) is 6.24. The smallest absolute Gasteiger partial charge is 0.357 e. The molecule has 0 aliphatic rings. The van der Waals surface area contributed by atoms with E-state index in [1.165, 1.54) is 26.0 Å². The molecule has 0 saturated carbocycles. The van der Waals surface area contributed by atoms with Crippen molar-refractivity contribution in [3.63, 3.8) is 0 Å². The van der Waals surface area contributed by atoms with E-state index in [-0.39, 0.29) is 17.0 Å². The summed E-state index contributed by atoms with van der Waals surface area (Å²) >= 11 is 9.62. The summed E-state index contributed by atoms with van der Waals surface area (Å²) in [5.74, 6) is -1.09. The Bertz CT molecular complexity index is 1080. The Labute approximate surface area is 180 Å². The number of halogens is 2. The van der Waals surface area contributed by atoms with E-state index in [1.807, 2.05) is 6.07 Å². The normalized spacial score (nSPS) is 10.5. The van der Waals surface area contributed by atoms with Gasteiger partial charge in [-0.15, -0.1) is 0 Å². The van der Waals surface area contributed by atoms with Crippen LogP contribution in [0, 0.1) is 0 Å². The molecule has 9 heteroatoms. The Balaban J connectivity index is 2.44. The van der Waals surface area contributed by atoms with Crippen LogP contribution in [-0.2, 0) is 9.47 Å². The van der Waals surface area contributed by atoms with E-state index in [9.17, 15) is 9.59 Å². The van der Waals surface area contributed by atoms with Crippen molar-refractivity contribution in [2.75, 3.05) is 21.3 Å². The first-order valence-electron chi connectivity index (χ1n) is 8.31. The van der Waals surface area contributed by atoms with E-state index in [1.54, 1.807) is 36.4 Å². The van der Waals surface area contributed by atoms with Gasteiger partial charge in [0.15, 0.2) is 5.69 Å². The number of hydrogen-bond donors (Lipinski definition) is 0. The number of ether oxygens (including phenoxy) is 3. The second kappa shape index (κ2) is 8.67. The molecule has 0 amide bonds. The first-order valence-corrected chi connectivity index (χ1v) is 9.48. The highest BCUT2D eigenvalue weighted by atomic mass is 79.9. The van der Waals surface area contributed by atoms with Crippen LogP contribution in [0.15, 0.2) is 46.9 Å². The summed E-state index contributed by atoms with van der Waals surface area (Å²) in [5, 5.41) is 4.92. The van der Waals surface area contributed by atoms with E-state index in [0.29, 0.717) is 26.5 Å². The Hall–Kier alpha value is -2.84. The van der Waals surface area contributed by atoms with Crippen molar-refractivity contribution in [3.8, 4) is 22.7 Å².